The average Bonchev–Trinajstić information content (AvgIpc) is 2.69. The van der Waals surface area contributed by atoms with Gasteiger partial charge in [-0.2, -0.15) is 0 Å². The van der Waals surface area contributed by atoms with Crippen LogP contribution in [-0.2, 0) is 16.6 Å². The second kappa shape index (κ2) is 5.83. The third kappa shape index (κ3) is 3.39. The SMILES string of the molecule is Cc1noc(C)c1CN1CCC(N(C)S(C)(=O)=O)CC1. The smallest absolute Gasteiger partial charge is 0.211 e. The van der Waals surface area contributed by atoms with Gasteiger partial charge in [-0.3, -0.25) is 4.90 Å². The van der Waals surface area contributed by atoms with E-state index in [2.05, 4.69) is 10.1 Å². The lowest BCUT2D eigenvalue weighted by Gasteiger charge is -2.35. The van der Waals surface area contributed by atoms with Gasteiger partial charge in [0.1, 0.15) is 5.76 Å². The van der Waals surface area contributed by atoms with E-state index in [0.717, 1.165) is 49.5 Å². The number of piperidine rings is 1. The van der Waals surface area contributed by atoms with Crippen molar-refractivity contribution in [2.45, 2.75) is 39.3 Å². The first kappa shape index (κ1) is 15.5. The summed E-state index contributed by atoms with van der Waals surface area (Å²) >= 11 is 0. The predicted octanol–water partition coefficient (Wildman–Crippen LogP) is 1.15. The fourth-order valence-electron chi connectivity index (χ4n) is 2.66. The van der Waals surface area contributed by atoms with Gasteiger partial charge in [-0.05, 0) is 26.7 Å². The van der Waals surface area contributed by atoms with Crippen LogP contribution in [0.25, 0.3) is 0 Å². The third-order valence-electron chi connectivity index (χ3n) is 4.16. The van der Waals surface area contributed by atoms with Crippen LogP contribution in [-0.4, -0.2) is 55.2 Å². The molecule has 2 rings (SSSR count). The number of aryl methyl sites for hydroxylation is 2. The number of hydrogen-bond acceptors (Lipinski definition) is 5. The van der Waals surface area contributed by atoms with Crippen molar-refractivity contribution >= 4 is 10.0 Å². The molecule has 1 fully saturated rings. The van der Waals surface area contributed by atoms with Crippen LogP contribution in [0, 0.1) is 13.8 Å². The normalized spacial score (nSPS) is 18.9. The summed E-state index contributed by atoms with van der Waals surface area (Å²) in [6, 6.07) is 0.117. The quantitative estimate of drug-likeness (QED) is 0.834. The summed E-state index contributed by atoms with van der Waals surface area (Å²) in [5.41, 5.74) is 2.10. The summed E-state index contributed by atoms with van der Waals surface area (Å²) in [6.45, 7) is 6.51. The van der Waals surface area contributed by atoms with E-state index >= 15 is 0 Å². The van der Waals surface area contributed by atoms with E-state index in [-0.39, 0.29) is 6.04 Å². The highest BCUT2D eigenvalue weighted by atomic mass is 32.2. The Kier molecular flexibility index (Phi) is 4.51. The number of aromatic nitrogens is 1. The van der Waals surface area contributed by atoms with E-state index in [1.807, 2.05) is 13.8 Å². The molecule has 0 bridgehead atoms. The molecule has 20 heavy (non-hydrogen) atoms. The topological polar surface area (TPSA) is 66.7 Å². The van der Waals surface area contributed by atoms with Gasteiger partial charge in [0, 0.05) is 38.3 Å². The maximum atomic E-state index is 11.5. The molecule has 0 aromatic carbocycles. The highest BCUT2D eigenvalue weighted by Crippen LogP contribution is 2.21. The highest BCUT2D eigenvalue weighted by Gasteiger charge is 2.27. The van der Waals surface area contributed by atoms with Crippen LogP contribution in [0.1, 0.15) is 29.9 Å². The first-order valence-corrected chi connectivity index (χ1v) is 8.71. The lowest BCUT2D eigenvalue weighted by atomic mass is 10.0. The number of likely N-dealkylation sites (tertiary alicyclic amines) is 1. The zero-order valence-electron chi connectivity index (χ0n) is 12.6. The van der Waals surface area contributed by atoms with Crippen LogP contribution in [0.2, 0.25) is 0 Å². The van der Waals surface area contributed by atoms with E-state index in [9.17, 15) is 8.42 Å². The standard InChI is InChI=1S/C13H23N3O3S/c1-10-13(11(2)19-14-10)9-16-7-5-12(6-8-16)15(3)20(4,17)18/h12H,5-9H2,1-4H3. The number of hydrogen-bond donors (Lipinski definition) is 0. The van der Waals surface area contributed by atoms with Crippen molar-refractivity contribution in [2.24, 2.45) is 0 Å². The van der Waals surface area contributed by atoms with Gasteiger partial charge >= 0.3 is 0 Å². The fraction of sp³-hybridized carbons (Fsp3) is 0.769. The second-order valence-corrected chi connectivity index (χ2v) is 7.63. The molecule has 0 spiro atoms. The van der Waals surface area contributed by atoms with Crippen LogP contribution in [0.4, 0.5) is 0 Å². The zero-order valence-corrected chi connectivity index (χ0v) is 13.4. The third-order valence-corrected chi connectivity index (χ3v) is 5.50. The van der Waals surface area contributed by atoms with Gasteiger partial charge < -0.3 is 4.52 Å². The Hall–Kier alpha value is -0.920. The molecule has 0 atom stereocenters. The molecule has 0 radical (unpaired) electrons. The van der Waals surface area contributed by atoms with Crippen molar-refractivity contribution in [3.05, 3.63) is 17.0 Å². The molecular formula is C13H23N3O3S. The Morgan fingerprint density at radius 1 is 1.35 bits per heavy atom. The number of sulfonamides is 1. The first-order valence-electron chi connectivity index (χ1n) is 6.86. The highest BCUT2D eigenvalue weighted by molar-refractivity contribution is 7.88. The average molecular weight is 301 g/mol. The summed E-state index contributed by atoms with van der Waals surface area (Å²) in [6.07, 6.45) is 3.00. The predicted molar refractivity (Wildman–Crippen MR) is 76.9 cm³/mol. The van der Waals surface area contributed by atoms with Crippen LogP contribution in [0.3, 0.4) is 0 Å². The lowest BCUT2D eigenvalue weighted by Crippen LogP contribution is -2.45. The summed E-state index contributed by atoms with van der Waals surface area (Å²) in [5.74, 6) is 0.873. The Balaban J connectivity index is 1.92. The molecule has 1 saturated heterocycles. The fourth-order valence-corrected chi connectivity index (χ4v) is 3.42. The molecule has 6 nitrogen and oxygen atoms in total. The van der Waals surface area contributed by atoms with Gasteiger partial charge in [0.2, 0.25) is 10.0 Å². The minimum Gasteiger partial charge on any atom is -0.361 e. The molecule has 2 heterocycles. The van der Waals surface area contributed by atoms with E-state index in [4.69, 9.17) is 4.52 Å². The molecular weight excluding hydrogens is 278 g/mol. The van der Waals surface area contributed by atoms with Crippen molar-refractivity contribution in [3.63, 3.8) is 0 Å². The molecule has 0 unspecified atom stereocenters. The molecule has 7 heteroatoms. The van der Waals surface area contributed by atoms with E-state index < -0.39 is 10.0 Å². The molecule has 1 aliphatic rings. The van der Waals surface area contributed by atoms with E-state index in [0.29, 0.717) is 0 Å². The molecule has 114 valence electrons. The van der Waals surface area contributed by atoms with Crippen molar-refractivity contribution < 1.29 is 12.9 Å². The van der Waals surface area contributed by atoms with Gasteiger partial charge in [0.25, 0.3) is 0 Å². The van der Waals surface area contributed by atoms with E-state index in [1.165, 1.54) is 10.6 Å². The van der Waals surface area contributed by atoms with Crippen molar-refractivity contribution in [3.8, 4) is 0 Å². The molecule has 1 aromatic heterocycles. The summed E-state index contributed by atoms with van der Waals surface area (Å²) < 4.78 is 29.8. The van der Waals surface area contributed by atoms with Crippen LogP contribution >= 0.6 is 0 Å². The Morgan fingerprint density at radius 2 is 1.95 bits per heavy atom. The maximum absolute atomic E-state index is 11.5. The Labute approximate surface area is 120 Å². The second-order valence-electron chi connectivity index (χ2n) is 5.59. The van der Waals surface area contributed by atoms with Gasteiger partial charge in [-0.1, -0.05) is 5.16 Å². The molecule has 1 aromatic rings. The van der Waals surface area contributed by atoms with Gasteiger partial charge in [0.05, 0.1) is 11.9 Å². The largest absolute Gasteiger partial charge is 0.361 e. The van der Waals surface area contributed by atoms with Crippen molar-refractivity contribution in [1.82, 2.24) is 14.4 Å². The molecule has 1 aliphatic heterocycles. The summed E-state index contributed by atoms with van der Waals surface area (Å²) in [7, 11) is -1.42. The van der Waals surface area contributed by atoms with Gasteiger partial charge in [-0.25, -0.2) is 12.7 Å². The zero-order chi connectivity index (χ0) is 14.9. The number of nitrogens with zero attached hydrogens (tertiary/aromatic N) is 3. The van der Waals surface area contributed by atoms with Gasteiger partial charge in [0.15, 0.2) is 0 Å². The maximum Gasteiger partial charge on any atom is 0.211 e. The summed E-state index contributed by atoms with van der Waals surface area (Å²) in [5, 5.41) is 3.97. The minimum absolute atomic E-state index is 0.117. The first-order chi connectivity index (χ1) is 9.29. The van der Waals surface area contributed by atoms with Crippen molar-refractivity contribution in [1.29, 1.82) is 0 Å². The van der Waals surface area contributed by atoms with Crippen LogP contribution < -0.4 is 0 Å². The Bertz CT molecular complexity index is 540. The molecule has 0 aliphatic carbocycles. The van der Waals surface area contributed by atoms with Crippen molar-refractivity contribution in [2.75, 3.05) is 26.4 Å². The monoisotopic (exact) mass is 301 g/mol. The lowest BCUT2D eigenvalue weighted by molar-refractivity contribution is 0.163. The van der Waals surface area contributed by atoms with Gasteiger partial charge in [-0.15, -0.1) is 0 Å². The molecule has 0 N–H and O–H groups in total. The van der Waals surface area contributed by atoms with Crippen LogP contribution in [0.5, 0.6) is 0 Å². The van der Waals surface area contributed by atoms with E-state index in [1.54, 1.807) is 7.05 Å². The number of rotatable bonds is 4. The molecule has 0 amide bonds. The van der Waals surface area contributed by atoms with Crippen LogP contribution in [0.15, 0.2) is 4.52 Å². The Morgan fingerprint density at radius 3 is 2.40 bits per heavy atom. The summed E-state index contributed by atoms with van der Waals surface area (Å²) in [4.78, 5) is 2.33. The minimum atomic E-state index is -3.09. The molecule has 0 saturated carbocycles.